The summed E-state index contributed by atoms with van der Waals surface area (Å²) in [6.45, 7) is 3.51. The highest BCUT2D eigenvalue weighted by atomic mass is 15.4. The van der Waals surface area contributed by atoms with Crippen molar-refractivity contribution in [3.05, 3.63) is 60.9 Å². The number of benzene rings is 2. The Kier molecular flexibility index (Phi) is 4.01. The van der Waals surface area contributed by atoms with Crippen LogP contribution in [-0.4, -0.2) is 51.1 Å². The van der Waals surface area contributed by atoms with Gasteiger partial charge in [-0.3, -0.25) is 0 Å². The fourth-order valence-electron chi connectivity index (χ4n) is 3.64. The van der Waals surface area contributed by atoms with Gasteiger partial charge in [0.05, 0.1) is 5.52 Å². The van der Waals surface area contributed by atoms with Gasteiger partial charge in [-0.2, -0.15) is 4.68 Å². The maximum Gasteiger partial charge on any atom is 0.184 e. The lowest BCUT2D eigenvalue weighted by atomic mass is 10.2. The van der Waals surface area contributed by atoms with Crippen LogP contribution in [0.4, 0.5) is 17.2 Å². The van der Waals surface area contributed by atoms with Gasteiger partial charge in [0.1, 0.15) is 17.5 Å². The quantitative estimate of drug-likeness (QED) is 0.589. The number of nitrogens with zero attached hydrogens (tertiary/aromatic N) is 7. The van der Waals surface area contributed by atoms with Crippen molar-refractivity contribution < 1.29 is 0 Å². The maximum absolute atomic E-state index is 6.47. The third-order valence-corrected chi connectivity index (χ3v) is 5.09. The van der Waals surface area contributed by atoms with Crippen LogP contribution in [0, 0.1) is 0 Å². The molecule has 0 saturated carbocycles. The number of anilines is 3. The van der Waals surface area contributed by atoms with Gasteiger partial charge >= 0.3 is 0 Å². The lowest BCUT2D eigenvalue weighted by Crippen LogP contribution is -2.47. The van der Waals surface area contributed by atoms with Crippen LogP contribution in [0.1, 0.15) is 0 Å². The fraction of sp³-hybridized carbons (Fsp3) is 0.200. The topological polar surface area (TPSA) is 89.0 Å². The molecule has 0 spiro atoms. The first kappa shape index (κ1) is 16.5. The van der Waals surface area contributed by atoms with Crippen molar-refractivity contribution in [3.8, 4) is 5.82 Å². The average molecular weight is 372 g/mol. The molecule has 28 heavy (non-hydrogen) atoms. The zero-order valence-electron chi connectivity index (χ0n) is 15.3. The normalized spacial score (nSPS) is 14.6. The van der Waals surface area contributed by atoms with E-state index in [1.807, 2.05) is 30.3 Å². The number of piperazine rings is 1. The van der Waals surface area contributed by atoms with E-state index in [0.717, 1.165) is 43.0 Å². The molecular weight excluding hydrogens is 352 g/mol. The SMILES string of the molecule is Nc1c(N2CCN(c3ccccc3)CC2)ncnc1-n1nnc2ccccc21. The molecule has 2 aromatic heterocycles. The Hall–Kier alpha value is -3.68. The highest BCUT2D eigenvalue weighted by Crippen LogP contribution is 2.28. The lowest BCUT2D eigenvalue weighted by Gasteiger charge is -2.37. The number of rotatable bonds is 3. The van der Waals surface area contributed by atoms with E-state index in [9.17, 15) is 0 Å². The fourth-order valence-corrected chi connectivity index (χ4v) is 3.64. The smallest absolute Gasteiger partial charge is 0.184 e. The van der Waals surface area contributed by atoms with E-state index in [2.05, 4.69) is 54.3 Å². The molecule has 1 fully saturated rings. The highest BCUT2D eigenvalue weighted by Gasteiger charge is 2.22. The van der Waals surface area contributed by atoms with Crippen LogP contribution in [-0.2, 0) is 0 Å². The van der Waals surface area contributed by atoms with Crippen LogP contribution in [0.15, 0.2) is 60.9 Å². The molecule has 8 nitrogen and oxygen atoms in total. The van der Waals surface area contributed by atoms with Gasteiger partial charge < -0.3 is 15.5 Å². The summed E-state index contributed by atoms with van der Waals surface area (Å²) in [5.74, 6) is 1.31. The summed E-state index contributed by atoms with van der Waals surface area (Å²) >= 11 is 0. The number of fused-ring (bicyclic) bond motifs is 1. The molecule has 2 N–H and O–H groups in total. The molecule has 140 valence electrons. The molecule has 1 aliphatic rings. The number of nitrogen functional groups attached to an aromatic ring is 1. The van der Waals surface area contributed by atoms with Gasteiger partial charge in [-0.15, -0.1) is 5.10 Å². The van der Waals surface area contributed by atoms with Gasteiger partial charge in [0.25, 0.3) is 0 Å². The first-order valence-electron chi connectivity index (χ1n) is 9.27. The average Bonchev–Trinajstić information content (AvgIpc) is 3.19. The summed E-state index contributed by atoms with van der Waals surface area (Å²) in [5.41, 5.74) is 9.91. The molecule has 1 saturated heterocycles. The van der Waals surface area contributed by atoms with Gasteiger partial charge in [0, 0.05) is 31.9 Å². The van der Waals surface area contributed by atoms with Gasteiger partial charge in [0.15, 0.2) is 11.6 Å². The summed E-state index contributed by atoms with van der Waals surface area (Å²) in [6.07, 6.45) is 1.54. The number of para-hydroxylation sites is 2. The Morgan fingerprint density at radius 1 is 0.750 bits per heavy atom. The van der Waals surface area contributed by atoms with E-state index in [0.29, 0.717) is 11.5 Å². The van der Waals surface area contributed by atoms with E-state index in [1.54, 1.807) is 11.0 Å². The van der Waals surface area contributed by atoms with Crippen LogP contribution in [0.2, 0.25) is 0 Å². The molecule has 3 heterocycles. The molecule has 4 aromatic rings. The van der Waals surface area contributed by atoms with Crippen LogP contribution in [0.3, 0.4) is 0 Å². The molecule has 0 radical (unpaired) electrons. The van der Waals surface area contributed by atoms with Crippen molar-refractivity contribution in [3.63, 3.8) is 0 Å². The highest BCUT2D eigenvalue weighted by molar-refractivity contribution is 5.79. The van der Waals surface area contributed by atoms with E-state index in [1.165, 1.54) is 5.69 Å². The summed E-state index contributed by atoms with van der Waals surface area (Å²) in [6, 6.07) is 18.2. The Morgan fingerprint density at radius 3 is 2.25 bits per heavy atom. The molecule has 0 amide bonds. The Morgan fingerprint density at radius 2 is 1.43 bits per heavy atom. The molecule has 8 heteroatoms. The summed E-state index contributed by atoms with van der Waals surface area (Å²) in [5, 5.41) is 8.43. The van der Waals surface area contributed by atoms with Crippen LogP contribution < -0.4 is 15.5 Å². The van der Waals surface area contributed by atoms with E-state index in [-0.39, 0.29) is 0 Å². The minimum absolute atomic E-state index is 0.520. The first-order chi connectivity index (χ1) is 13.8. The van der Waals surface area contributed by atoms with Crippen molar-refractivity contribution in [1.29, 1.82) is 0 Å². The summed E-state index contributed by atoms with van der Waals surface area (Å²) in [7, 11) is 0. The maximum atomic E-state index is 6.47. The number of hydrogen-bond acceptors (Lipinski definition) is 7. The third-order valence-electron chi connectivity index (χ3n) is 5.09. The van der Waals surface area contributed by atoms with Crippen molar-refractivity contribution in [2.45, 2.75) is 0 Å². The monoisotopic (exact) mass is 372 g/mol. The molecule has 0 bridgehead atoms. The summed E-state index contributed by atoms with van der Waals surface area (Å²) < 4.78 is 1.68. The zero-order chi connectivity index (χ0) is 18.9. The Balaban J connectivity index is 1.42. The summed E-state index contributed by atoms with van der Waals surface area (Å²) in [4.78, 5) is 13.4. The predicted molar refractivity (Wildman–Crippen MR) is 110 cm³/mol. The second-order valence-electron chi connectivity index (χ2n) is 6.73. The molecule has 0 unspecified atom stereocenters. The van der Waals surface area contributed by atoms with Crippen LogP contribution in [0.25, 0.3) is 16.9 Å². The number of hydrogen-bond donors (Lipinski definition) is 1. The molecule has 0 atom stereocenters. The molecule has 0 aliphatic carbocycles. The largest absolute Gasteiger partial charge is 0.393 e. The second-order valence-corrected chi connectivity index (χ2v) is 6.73. The van der Waals surface area contributed by atoms with Gasteiger partial charge in [-0.05, 0) is 24.3 Å². The first-order valence-corrected chi connectivity index (χ1v) is 9.27. The van der Waals surface area contributed by atoms with Gasteiger partial charge in [-0.1, -0.05) is 35.5 Å². The van der Waals surface area contributed by atoms with E-state index in [4.69, 9.17) is 5.73 Å². The van der Waals surface area contributed by atoms with Gasteiger partial charge in [-0.25, -0.2) is 9.97 Å². The minimum atomic E-state index is 0.520. The van der Waals surface area contributed by atoms with Crippen molar-refractivity contribution in [1.82, 2.24) is 25.0 Å². The van der Waals surface area contributed by atoms with Gasteiger partial charge in [0.2, 0.25) is 0 Å². The lowest BCUT2D eigenvalue weighted by molar-refractivity contribution is 0.646. The molecule has 2 aromatic carbocycles. The van der Waals surface area contributed by atoms with Crippen molar-refractivity contribution in [2.24, 2.45) is 0 Å². The Labute approximate surface area is 162 Å². The number of aromatic nitrogens is 5. The van der Waals surface area contributed by atoms with Crippen molar-refractivity contribution in [2.75, 3.05) is 41.7 Å². The molecular formula is C20H20N8. The van der Waals surface area contributed by atoms with E-state index < -0.39 is 0 Å². The molecule has 5 rings (SSSR count). The van der Waals surface area contributed by atoms with Crippen molar-refractivity contribution >= 4 is 28.2 Å². The standard InChI is InChI=1S/C20H20N8/c21-18-19(27-12-10-26(11-13-27)15-6-2-1-3-7-15)22-14-23-20(18)28-17-9-5-4-8-16(17)24-25-28/h1-9,14H,10-13,21H2. The number of nitrogens with two attached hydrogens (primary N) is 1. The predicted octanol–water partition coefficient (Wildman–Crippen LogP) is 2.12. The van der Waals surface area contributed by atoms with Crippen LogP contribution in [0.5, 0.6) is 0 Å². The minimum Gasteiger partial charge on any atom is -0.393 e. The third kappa shape index (κ3) is 2.79. The molecule has 1 aliphatic heterocycles. The van der Waals surface area contributed by atoms with E-state index >= 15 is 0 Å². The van der Waals surface area contributed by atoms with Crippen LogP contribution >= 0.6 is 0 Å². The second kappa shape index (κ2) is 6.80. The Bertz CT molecular complexity index is 1100. The zero-order valence-corrected chi connectivity index (χ0v) is 15.3.